The molecular weight excluding hydrogens is 405 g/mol. The van der Waals surface area contributed by atoms with Crippen LogP contribution in [0, 0.1) is 11.2 Å². The second-order valence-electron chi connectivity index (χ2n) is 8.46. The van der Waals surface area contributed by atoms with E-state index in [0.29, 0.717) is 31.5 Å². The van der Waals surface area contributed by atoms with Crippen molar-refractivity contribution in [3.05, 3.63) is 90.0 Å². The van der Waals surface area contributed by atoms with Crippen LogP contribution in [-0.2, 0) is 22.4 Å². The molecule has 3 aromatic rings. The maximum atomic E-state index is 14.1. The molecule has 1 aliphatic heterocycles. The van der Waals surface area contributed by atoms with Crippen LogP contribution < -0.4 is 5.73 Å². The highest BCUT2D eigenvalue weighted by atomic mass is 19.1. The lowest BCUT2D eigenvalue weighted by Crippen LogP contribution is -2.53. The zero-order valence-electron chi connectivity index (χ0n) is 17.8. The predicted octanol–water partition coefficient (Wildman–Crippen LogP) is 3.77. The van der Waals surface area contributed by atoms with E-state index in [0.717, 1.165) is 23.1 Å². The highest BCUT2D eigenvalue weighted by Crippen LogP contribution is 2.34. The van der Waals surface area contributed by atoms with Crippen LogP contribution in [0.4, 0.5) is 4.39 Å². The maximum Gasteiger partial charge on any atom is 0.227 e. The molecule has 1 aliphatic rings. The summed E-state index contributed by atoms with van der Waals surface area (Å²) in [5.74, 6) is -0.698. The summed E-state index contributed by atoms with van der Waals surface area (Å²) < 4.78 is 14.1. The zero-order valence-corrected chi connectivity index (χ0v) is 17.8. The Kier molecular flexibility index (Phi) is 6.30. The van der Waals surface area contributed by atoms with Gasteiger partial charge in [0.1, 0.15) is 5.82 Å². The van der Waals surface area contributed by atoms with E-state index >= 15 is 0 Å². The van der Waals surface area contributed by atoms with Gasteiger partial charge in [-0.15, -0.1) is 0 Å². The Balaban J connectivity index is 1.50. The van der Waals surface area contributed by atoms with Gasteiger partial charge in [-0.05, 0) is 48.1 Å². The molecule has 1 unspecified atom stereocenters. The number of halogens is 1. The third-order valence-electron chi connectivity index (χ3n) is 6.21. The van der Waals surface area contributed by atoms with Gasteiger partial charge in [0.2, 0.25) is 11.8 Å². The van der Waals surface area contributed by atoms with E-state index < -0.39 is 11.3 Å². The first-order valence-corrected chi connectivity index (χ1v) is 10.8. The number of amides is 2. The van der Waals surface area contributed by atoms with Crippen LogP contribution in [0.1, 0.15) is 24.0 Å². The van der Waals surface area contributed by atoms with E-state index in [9.17, 15) is 14.0 Å². The number of carbonyl (C=O) groups is 2. The number of rotatable bonds is 6. The fourth-order valence-corrected chi connectivity index (χ4v) is 4.45. The lowest BCUT2D eigenvalue weighted by atomic mass is 9.74. The number of primary amides is 1. The highest BCUT2D eigenvalue weighted by molar-refractivity contribution is 5.84. The molecule has 5 nitrogen and oxygen atoms in total. The number of carbonyl (C=O) groups excluding carboxylic acids is 2. The molecule has 164 valence electrons. The Morgan fingerprint density at radius 1 is 1.03 bits per heavy atom. The lowest BCUT2D eigenvalue weighted by molar-refractivity contribution is -0.139. The van der Waals surface area contributed by atoms with Gasteiger partial charge in [-0.3, -0.25) is 14.6 Å². The SMILES string of the molecule is NC(=O)C1(Cc2ccc(-c3ccccc3F)cc2)CCCN(C(=O)Cc2cccnc2)C1. The van der Waals surface area contributed by atoms with Crippen molar-refractivity contribution in [3.63, 3.8) is 0 Å². The molecule has 2 amide bonds. The van der Waals surface area contributed by atoms with E-state index in [2.05, 4.69) is 4.98 Å². The van der Waals surface area contributed by atoms with Crippen molar-refractivity contribution in [2.45, 2.75) is 25.7 Å². The Morgan fingerprint density at radius 2 is 1.81 bits per heavy atom. The molecule has 0 saturated carbocycles. The van der Waals surface area contributed by atoms with Gasteiger partial charge in [-0.25, -0.2) is 4.39 Å². The molecule has 2 heterocycles. The van der Waals surface area contributed by atoms with Crippen LogP contribution in [-0.4, -0.2) is 34.8 Å². The molecule has 6 heteroatoms. The molecule has 0 radical (unpaired) electrons. The predicted molar refractivity (Wildman–Crippen MR) is 121 cm³/mol. The number of hydrogen-bond acceptors (Lipinski definition) is 3. The summed E-state index contributed by atoms with van der Waals surface area (Å²) in [5, 5.41) is 0. The summed E-state index contributed by atoms with van der Waals surface area (Å²) in [6, 6.07) is 17.8. The summed E-state index contributed by atoms with van der Waals surface area (Å²) in [6.07, 6.45) is 5.39. The maximum absolute atomic E-state index is 14.1. The van der Waals surface area contributed by atoms with E-state index in [1.54, 1.807) is 41.6 Å². The van der Waals surface area contributed by atoms with Crippen LogP contribution >= 0.6 is 0 Å². The molecule has 2 aromatic carbocycles. The van der Waals surface area contributed by atoms with E-state index in [1.807, 2.05) is 30.3 Å². The highest BCUT2D eigenvalue weighted by Gasteiger charge is 2.42. The molecule has 1 aromatic heterocycles. The zero-order chi connectivity index (χ0) is 22.6. The summed E-state index contributed by atoms with van der Waals surface area (Å²) in [5.41, 5.74) is 8.14. The normalized spacial score (nSPS) is 18.3. The van der Waals surface area contributed by atoms with Gasteiger partial charge in [0.05, 0.1) is 11.8 Å². The number of piperidine rings is 1. The van der Waals surface area contributed by atoms with Gasteiger partial charge in [-0.2, -0.15) is 0 Å². The second kappa shape index (κ2) is 9.30. The number of aromatic nitrogens is 1. The van der Waals surface area contributed by atoms with Gasteiger partial charge in [0, 0.05) is 31.0 Å². The molecule has 32 heavy (non-hydrogen) atoms. The van der Waals surface area contributed by atoms with Crippen molar-refractivity contribution in [3.8, 4) is 11.1 Å². The smallest absolute Gasteiger partial charge is 0.227 e. The Bertz CT molecular complexity index is 1100. The third-order valence-corrected chi connectivity index (χ3v) is 6.21. The number of pyridine rings is 1. The van der Waals surface area contributed by atoms with Crippen molar-refractivity contribution in [2.24, 2.45) is 11.1 Å². The lowest BCUT2D eigenvalue weighted by Gasteiger charge is -2.41. The molecule has 2 N–H and O–H groups in total. The minimum absolute atomic E-state index is 0.0294. The van der Waals surface area contributed by atoms with Crippen LogP contribution in [0.25, 0.3) is 11.1 Å². The quantitative estimate of drug-likeness (QED) is 0.646. The average molecular weight is 432 g/mol. The van der Waals surface area contributed by atoms with E-state index in [1.165, 1.54) is 6.07 Å². The monoisotopic (exact) mass is 431 g/mol. The second-order valence-corrected chi connectivity index (χ2v) is 8.46. The fourth-order valence-electron chi connectivity index (χ4n) is 4.45. The van der Waals surface area contributed by atoms with Crippen LogP contribution in [0.3, 0.4) is 0 Å². The largest absolute Gasteiger partial charge is 0.369 e. The van der Waals surface area contributed by atoms with Crippen LogP contribution in [0.5, 0.6) is 0 Å². The van der Waals surface area contributed by atoms with Crippen molar-refractivity contribution in [1.82, 2.24) is 9.88 Å². The van der Waals surface area contributed by atoms with Crippen molar-refractivity contribution in [2.75, 3.05) is 13.1 Å². The number of likely N-dealkylation sites (tertiary alicyclic amines) is 1. The molecule has 0 aliphatic carbocycles. The van der Waals surface area contributed by atoms with Gasteiger partial charge >= 0.3 is 0 Å². The van der Waals surface area contributed by atoms with Crippen molar-refractivity contribution in [1.29, 1.82) is 0 Å². The molecular formula is C26H26FN3O2. The third kappa shape index (κ3) is 4.69. The molecule has 1 saturated heterocycles. The van der Waals surface area contributed by atoms with Crippen LogP contribution in [0.15, 0.2) is 73.1 Å². The van der Waals surface area contributed by atoms with Crippen LogP contribution in [0.2, 0.25) is 0 Å². The van der Waals surface area contributed by atoms with E-state index in [4.69, 9.17) is 5.73 Å². The molecule has 0 spiro atoms. The molecule has 0 bridgehead atoms. The summed E-state index contributed by atoms with van der Waals surface area (Å²) >= 11 is 0. The number of nitrogens with zero attached hydrogens (tertiary/aromatic N) is 2. The van der Waals surface area contributed by atoms with Gasteiger partial charge in [0.25, 0.3) is 0 Å². The molecule has 1 fully saturated rings. The summed E-state index contributed by atoms with van der Waals surface area (Å²) in [6.45, 7) is 0.914. The molecule has 1 atom stereocenters. The first kappa shape index (κ1) is 21.7. The Labute approximate surface area is 187 Å². The van der Waals surface area contributed by atoms with Crippen molar-refractivity contribution >= 4 is 11.8 Å². The minimum atomic E-state index is -0.817. The van der Waals surface area contributed by atoms with Crippen molar-refractivity contribution < 1.29 is 14.0 Å². The molecule has 4 rings (SSSR count). The van der Waals surface area contributed by atoms with Gasteiger partial charge < -0.3 is 10.6 Å². The summed E-state index contributed by atoms with van der Waals surface area (Å²) in [4.78, 5) is 31.2. The van der Waals surface area contributed by atoms with Gasteiger partial charge in [0.15, 0.2) is 0 Å². The minimum Gasteiger partial charge on any atom is -0.369 e. The topological polar surface area (TPSA) is 76.3 Å². The first-order valence-electron chi connectivity index (χ1n) is 10.8. The Morgan fingerprint density at radius 3 is 2.50 bits per heavy atom. The number of nitrogens with two attached hydrogens (primary N) is 1. The standard InChI is InChI=1S/C26H26FN3O2/c27-23-7-2-1-6-22(23)21-10-8-19(9-11-21)16-26(25(28)32)12-4-14-30(18-26)24(31)15-20-5-3-13-29-17-20/h1-3,5-11,13,17H,4,12,14-16,18H2,(H2,28,32). The summed E-state index contributed by atoms with van der Waals surface area (Å²) in [7, 11) is 0. The van der Waals surface area contributed by atoms with E-state index in [-0.39, 0.29) is 18.1 Å². The Hall–Kier alpha value is -3.54. The average Bonchev–Trinajstić information content (AvgIpc) is 2.81. The fraction of sp³-hybridized carbons (Fsp3) is 0.269. The number of benzene rings is 2. The number of hydrogen-bond donors (Lipinski definition) is 1. The van der Waals surface area contributed by atoms with Gasteiger partial charge in [-0.1, -0.05) is 48.5 Å². The first-order chi connectivity index (χ1) is 15.5.